The summed E-state index contributed by atoms with van der Waals surface area (Å²) in [4.78, 5) is 6.72. The summed E-state index contributed by atoms with van der Waals surface area (Å²) in [6, 6.07) is 0.272. The van der Waals surface area contributed by atoms with Crippen molar-refractivity contribution < 1.29 is 4.52 Å². The molecule has 2 rings (SSSR count). The van der Waals surface area contributed by atoms with Crippen molar-refractivity contribution in [2.45, 2.75) is 45.7 Å². The second-order valence-electron chi connectivity index (χ2n) is 4.95. The average molecular weight is 275 g/mol. The molecule has 0 saturated carbocycles. The molecule has 0 aromatic carbocycles. The van der Waals surface area contributed by atoms with E-state index in [0.29, 0.717) is 5.92 Å². The maximum Gasteiger partial charge on any atom is 0.226 e. The van der Waals surface area contributed by atoms with E-state index in [1.54, 1.807) is 0 Å². The zero-order chi connectivity index (χ0) is 12.3. The number of hydrogen-bond donors (Lipinski definition) is 1. The third kappa shape index (κ3) is 3.93. The van der Waals surface area contributed by atoms with E-state index in [1.165, 1.54) is 12.8 Å². The van der Waals surface area contributed by atoms with Crippen LogP contribution in [0.3, 0.4) is 0 Å². The summed E-state index contributed by atoms with van der Waals surface area (Å²) in [6.07, 6.45) is 3.25. The minimum absolute atomic E-state index is 0. The first-order valence-electron chi connectivity index (χ1n) is 6.48. The highest BCUT2D eigenvalue weighted by Crippen LogP contribution is 2.19. The van der Waals surface area contributed by atoms with Crippen molar-refractivity contribution in [1.29, 1.82) is 0 Å². The summed E-state index contributed by atoms with van der Waals surface area (Å²) in [5, 5.41) is 3.99. The predicted molar refractivity (Wildman–Crippen MR) is 72.6 cm³/mol. The molecule has 0 aliphatic carbocycles. The number of nitrogens with zero attached hydrogens (tertiary/aromatic N) is 3. The molecular formula is C12H23ClN4O. The fraction of sp³-hybridized carbons (Fsp3) is 0.833. The Morgan fingerprint density at radius 2 is 2.33 bits per heavy atom. The van der Waals surface area contributed by atoms with Crippen molar-refractivity contribution >= 4 is 12.4 Å². The van der Waals surface area contributed by atoms with Crippen LogP contribution >= 0.6 is 12.4 Å². The number of nitrogens with two attached hydrogens (primary N) is 1. The van der Waals surface area contributed by atoms with Gasteiger partial charge in [-0.05, 0) is 32.2 Å². The summed E-state index contributed by atoms with van der Waals surface area (Å²) in [5.74, 6) is 2.12. The zero-order valence-corrected chi connectivity index (χ0v) is 11.9. The highest BCUT2D eigenvalue weighted by Gasteiger charge is 2.23. The highest BCUT2D eigenvalue weighted by atomic mass is 35.5. The number of piperidine rings is 1. The smallest absolute Gasteiger partial charge is 0.226 e. The predicted octanol–water partition coefficient (Wildman–Crippen LogP) is 1.61. The van der Waals surface area contributed by atoms with Crippen LogP contribution in [-0.4, -0.2) is 34.2 Å². The molecule has 0 amide bonds. The number of aryl methyl sites for hydroxylation is 1. The monoisotopic (exact) mass is 274 g/mol. The van der Waals surface area contributed by atoms with Crippen molar-refractivity contribution in [3.8, 4) is 0 Å². The van der Waals surface area contributed by atoms with E-state index in [9.17, 15) is 0 Å². The number of aromatic nitrogens is 2. The van der Waals surface area contributed by atoms with Crippen LogP contribution in [0.1, 0.15) is 38.4 Å². The molecule has 104 valence electrons. The molecular weight excluding hydrogens is 252 g/mol. The number of rotatable bonds is 4. The Hall–Kier alpha value is -0.650. The summed E-state index contributed by atoms with van der Waals surface area (Å²) in [7, 11) is 0. The van der Waals surface area contributed by atoms with Gasteiger partial charge >= 0.3 is 0 Å². The number of halogens is 1. The molecule has 1 aliphatic heterocycles. The lowest BCUT2D eigenvalue weighted by Crippen LogP contribution is -2.42. The van der Waals surface area contributed by atoms with Crippen molar-refractivity contribution in [3.05, 3.63) is 11.7 Å². The molecule has 0 radical (unpaired) electrons. The largest absolute Gasteiger partial charge is 0.339 e. The first kappa shape index (κ1) is 15.4. The third-order valence-electron chi connectivity index (χ3n) is 3.46. The Bertz CT molecular complexity index is 356. The Labute approximate surface area is 115 Å². The fourth-order valence-corrected chi connectivity index (χ4v) is 2.36. The van der Waals surface area contributed by atoms with Crippen LogP contribution in [0.25, 0.3) is 0 Å². The topological polar surface area (TPSA) is 68.2 Å². The van der Waals surface area contributed by atoms with Crippen LogP contribution < -0.4 is 5.73 Å². The van der Waals surface area contributed by atoms with Gasteiger partial charge in [-0.3, -0.25) is 4.90 Å². The maximum absolute atomic E-state index is 5.97. The summed E-state index contributed by atoms with van der Waals surface area (Å²) >= 11 is 0. The molecule has 18 heavy (non-hydrogen) atoms. The molecule has 1 aromatic heterocycles. The standard InChI is InChI=1S/C12H22N4O.ClH/c1-3-12-14-11(15-17-12)8-16-6-4-5-10(7-16)9(2)13;/h9-10H,3-8,13H2,1-2H3;1H. The van der Waals surface area contributed by atoms with Crippen LogP contribution in [0, 0.1) is 5.92 Å². The lowest BCUT2D eigenvalue weighted by atomic mass is 9.92. The molecule has 2 N–H and O–H groups in total. The van der Waals surface area contributed by atoms with Gasteiger partial charge in [0.2, 0.25) is 5.89 Å². The number of likely N-dealkylation sites (tertiary alicyclic amines) is 1. The Morgan fingerprint density at radius 3 is 2.94 bits per heavy atom. The normalized spacial score (nSPS) is 22.5. The summed E-state index contributed by atoms with van der Waals surface area (Å²) in [6.45, 7) is 7.06. The summed E-state index contributed by atoms with van der Waals surface area (Å²) in [5.41, 5.74) is 5.97. The molecule has 0 spiro atoms. The van der Waals surface area contributed by atoms with E-state index >= 15 is 0 Å². The SMILES string of the molecule is CCc1nc(CN2CCCC(C(C)N)C2)no1.Cl. The third-order valence-corrected chi connectivity index (χ3v) is 3.46. The minimum Gasteiger partial charge on any atom is -0.339 e. The van der Waals surface area contributed by atoms with Crippen LogP contribution in [-0.2, 0) is 13.0 Å². The van der Waals surface area contributed by atoms with E-state index in [1.807, 2.05) is 6.92 Å². The van der Waals surface area contributed by atoms with E-state index in [2.05, 4.69) is 22.0 Å². The first-order valence-corrected chi connectivity index (χ1v) is 6.48. The summed E-state index contributed by atoms with van der Waals surface area (Å²) < 4.78 is 5.12. The van der Waals surface area contributed by atoms with Crippen LogP contribution in [0.5, 0.6) is 0 Å². The first-order chi connectivity index (χ1) is 8.19. The molecule has 0 bridgehead atoms. The lowest BCUT2D eigenvalue weighted by Gasteiger charge is -2.33. The lowest BCUT2D eigenvalue weighted by molar-refractivity contribution is 0.150. The van der Waals surface area contributed by atoms with Gasteiger partial charge in [-0.25, -0.2) is 0 Å². The van der Waals surface area contributed by atoms with E-state index < -0.39 is 0 Å². The van der Waals surface area contributed by atoms with Crippen LogP contribution in [0.4, 0.5) is 0 Å². The highest BCUT2D eigenvalue weighted by molar-refractivity contribution is 5.85. The molecule has 2 unspecified atom stereocenters. The van der Waals surface area contributed by atoms with Gasteiger partial charge in [0.05, 0.1) is 6.54 Å². The van der Waals surface area contributed by atoms with Crippen LogP contribution in [0.2, 0.25) is 0 Å². The van der Waals surface area contributed by atoms with Gasteiger partial charge < -0.3 is 10.3 Å². The zero-order valence-electron chi connectivity index (χ0n) is 11.1. The average Bonchev–Trinajstić information content (AvgIpc) is 2.77. The fourth-order valence-electron chi connectivity index (χ4n) is 2.36. The van der Waals surface area contributed by atoms with Gasteiger partial charge in [0.1, 0.15) is 0 Å². The van der Waals surface area contributed by atoms with Crippen LogP contribution in [0.15, 0.2) is 4.52 Å². The minimum atomic E-state index is 0. The van der Waals surface area contributed by atoms with Gasteiger partial charge in [0.25, 0.3) is 0 Å². The van der Waals surface area contributed by atoms with Gasteiger partial charge in [-0.2, -0.15) is 4.98 Å². The Morgan fingerprint density at radius 1 is 1.56 bits per heavy atom. The van der Waals surface area contributed by atoms with Crippen molar-refractivity contribution in [2.24, 2.45) is 11.7 Å². The van der Waals surface area contributed by atoms with E-state index in [4.69, 9.17) is 10.3 Å². The van der Waals surface area contributed by atoms with Crippen molar-refractivity contribution in [2.75, 3.05) is 13.1 Å². The van der Waals surface area contributed by atoms with Crippen molar-refractivity contribution in [1.82, 2.24) is 15.0 Å². The molecule has 1 fully saturated rings. The second kappa shape index (κ2) is 7.07. The van der Waals surface area contributed by atoms with Crippen molar-refractivity contribution in [3.63, 3.8) is 0 Å². The van der Waals surface area contributed by atoms with E-state index in [-0.39, 0.29) is 18.4 Å². The maximum atomic E-state index is 5.97. The van der Waals surface area contributed by atoms with Gasteiger partial charge in [-0.15, -0.1) is 12.4 Å². The molecule has 1 aliphatic rings. The molecule has 2 atom stereocenters. The molecule has 5 nitrogen and oxygen atoms in total. The van der Waals surface area contributed by atoms with E-state index in [0.717, 1.165) is 37.8 Å². The van der Waals surface area contributed by atoms with Gasteiger partial charge in [0, 0.05) is 19.0 Å². The quantitative estimate of drug-likeness (QED) is 0.903. The Balaban J connectivity index is 0.00000162. The molecule has 2 heterocycles. The van der Waals surface area contributed by atoms with Gasteiger partial charge in [0.15, 0.2) is 5.82 Å². The molecule has 1 saturated heterocycles. The second-order valence-corrected chi connectivity index (χ2v) is 4.95. The number of hydrogen-bond acceptors (Lipinski definition) is 5. The van der Waals surface area contributed by atoms with Gasteiger partial charge in [-0.1, -0.05) is 12.1 Å². The molecule has 1 aromatic rings. The Kier molecular flexibility index (Phi) is 6.05. The molecule has 6 heteroatoms.